The molecular formula is C28H31BrClN3O4S. The van der Waals surface area contributed by atoms with Crippen LogP contribution in [-0.2, 0) is 26.2 Å². The second kappa shape index (κ2) is 13.3. The first-order chi connectivity index (χ1) is 18.0. The lowest BCUT2D eigenvalue weighted by Gasteiger charge is -2.32. The second-order valence-electron chi connectivity index (χ2n) is 8.87. The minimum absolute atomic E-state index is 0.0412. The largest absolute Gasteiger partial charge is 0.354 e. The number of hydrogen-bond acceptors (Lipinski definition) is 4. The van der Waals surface area contributed by atoms with Crippen LogP contribution in [0.5, 0.6) is 0 Å². The van der Waals surface area contributed by atoms with Gasteiger partial charge in [-0.2, -0.15) is 0 Å². The molecule has 2 amide bonds. The molecule has 0 heterocycles. The van der Waals surface area contributed by atoms with Crippen molar-refractivity contribution in [2.45, 2.75) is 44.7 Å². The predicted molar refractivity (Wildman–Crippen MR) is 155 cm³/mol. The normalized spacial score (nSPS) is 12.0. The van der Waals surface area contributed by atoms with Gasteiger partial charge in [0.05, 0.1) is 10.6 Å². The van der Waals surface area contributed by atoms with Gasteiger partial charge in [-0.1, -0.05) is 70.9 Å². The molecule has 0 spiro atoms. The van der Waals surface area contributed by atoms with E-state index in [4.69, 9.17) is 11.6 Å². The summed E-state index contributed by atoms with van der Waals surface area (Å²) in [6.45, 7) is 5.41. The molecule has 10 heteroatoms. The Balaban J connectivity index is 2.05. The summed E-state index contributed by atoms with van der Waals surface area (Å²) in [5, 5.41) is 3.17. The van der Waals surface area contributed by atoms with Crippen molar-refractivity contribution in [1.82, 2.24) is 10.2 Å². The molecule has 0 bridgehead atoms. The zero-order valence-electron chi connectivity index (χ0n) is 21.5. The summed E-state index contributed by atoms with van der Waals surface area (Å²) in [7, 11) is -4.14. The smallest absolute Gasteiger partial charge is 0.264 e. The minimum Gasteiger partial charge on any atom is -0.354 e. The third-order valence-electron chi connectivity index (χ3n) is 6.01. The Hall–Kier alpha value is -2.88. The molecule has 0 saturated carbocycles. The van der Waals surface area contributed by atoms with E-state index >= 15 is 0 Å². The monoisotopic (exact) mass is 619 g/mol. The number of hydrogen-bond donors (Lipinski definition) is 1. The summed E-state index contributed by atoms with van der Waals surface area (Å²) in [5.41, 5.74) is 1.72. The molecule has 0 radical (unpaired) electrons. The first-order valence-electron chi connectivity index (χ1n) is 12.2. The number of nitrogens with zero attached hydrogens (tertiary/aromatic N) is 2. The Morgan fingerprint density at radius 3 is 2.39 bits per heavy atom. The van der Waals surface area contributed by atoms with Gasteiger partial charge in [0.2, 0.25) is 11.8 Å². The van der Waals surface area contributed by atoms with Crippen molar-refractivity contribution in [2.24, 2.45) is 0 Å². The molecule has 3 aromatic carbocycles. The van der Waals surface area contributed by atoms with E-state index in [0.29, 0.717) is 22.8 Å². The van der Waals surface area contributed by atoms with Gasteiger partial charge in [-0.05, 0) is 67.8 Å². The van der Waals surface area contributed by atoms with Crippen molar-refractivity contribution in [3.05, 3.63) is 93.4 Å². The predicted octanol–water partition coefficient (Wildman–Crippen LogP) is 5.55. The molecule has 0 saturated heterocycles. The van der Waals surface area contributed by atoms with E-state index in [1.54, 1.807) is 44.2 Å². The molecule has 3 aromatic rings. The SMILES string of the molecule is CCCNC(=O)C(C)N(Cc1cccc(Br)c1)C(=O)CN(c1cc(Cl)ccc1C)S(=O)(=O)c1ccccc1. The number of aryl methyl sites for hydroxylation is 1. The Bertz CT molecular complexity index is 1390. The van der Waals surface area contributed by atoms with E-state index < -0.39 is 28.5 Å². The Morgan fingerprint density at radius 2 is 1.74 bits per heavy atom. The zero-order chi connectivity index (χ0) is 27.9. The number of rotatable bonds is 11. The first-order valence-corrected chi connectivity index (χ1v) is 14.8. The molecule has 0 aliphatic carbocycles. The topological polar surface area (TPSA) is 86.8 Å². The quantitative estimate of drug-likeness (QED) is 0.305. The van der Waals surface area contributed by atoms with Crippen LogP contribution in [0.3, 0.4) is 0 Å². The standard InChI is InChI=1S/C28H31BrClN3O4S/c1-4-15-31-28(35)21(3)32(18-22-9-8-10-23(29)16-22)27(34)19-33(26-17-24(30)14-13-20(26)2)38(36,37)25-11-6-5-7-12-25/h5-14,16-17,21H,4,15,18-19H2,1-3H3,(H,31,35). The third kappa shape index (κ3) is 7.36. The number of carbonyl (C=O) groups excluding carboxylic acids is 2. The molecule has 0 aliphatic heterocycles. The van der Waals surface area contributed by atoms with E-state index in [9.17, 15) is 18.0 Å². The van der Waals surface area contributed by atoms with Gasteiger partial charge in [-0.25, -0.2) is 8.42 Å². The van der Waals surface area contributed by atoms with Gasteiger partial charge in [0.25, 0.3) is 10.0 Å². The molecule has 0 aromatic heterocycles. The van der Waals surface area contributed by atoms with E-state index in [0.717, 1.165) is 20.8 Å². The highest BCUT2D eigenvalue weighted by molar-refractivity contribution is 9.10. The van der Waals surface area contributed by atoms with Crippen LogP contribution in [0.1, 0.15) is 31.4 Å². The number of halogens is 2. The van der Waals surface area contributed by atoms with Crippen molar-refractivity contribution < 1.29 is 18.0 Å². The highest BCUT2D eigenvalue weighted by Crippen LogP contribution is 2.30. The minimum atomic E-state index is -4.14. The van der Waals surface area contributed by atoms with Gasteiger partial charge in [0.15, 0.2) is 0 Å². The summed E-state index contributed by atoms with van der Waals surface area (Å²) in [4.78, 5) is 28.3. The fraction of sp³-hybridized carbons (Fsp3) is 0.286. The van der Waals surface area contributed by atoms with Crippen LogP contribution in [0.2, 0.25) is 5.02 Å². The lowest BCUT2D eigenvalue weighted by atomic mass is 10.1. The highest BCUT2D eigenvalue weighted by Gasteiger charge is 2.33. The molecule has 0 fully saturated rings. The molecule has 1 unspecified atom stereocenters. The Morgan fingerprint density at radius 1 is 1.03 bits per heavy atom. The molecule has 1 atom stereocenters. The maximum Gasteiger partial charge on any atom is 0.264 e. The Kier molecular flexibility index (Phi) is 10.4. The number of carbonyl (C=O) groups is 2. The van der Waals surface area contributed by atoms with Crippen LogP contribution >= 0.6 is 27.5 Å². The van der Waals surface area contributed by atoms with E-state index in [2.05, 4.69) is 21.2 Å². The van der Waals surface area contributed by atoms with Gasteiger partial charge in [0, 0.05) is 22.6 Å². The summed E-state index contributed by atoms with van der Waals surface area (Å²) in [6, 6.07) is 19.4. The van der Waals surface area contributed by atoms with Gasteiger partial charge < -0.3 is 10.2 Å². The summed E-state index contributed by atoms with van der Waals surface area (Å²) < 4.78 is 29.6. The van der Waals surface area contributed by atoms with Crippen LogP contribution < -0.4 is 9.62 Å². The van der Waals surface area contributed by atoms with Gasteiger partial charge >= 0.3 is 0 Å². The van der Waals surface area contributed by atoms with Crippen molar-refractivity contribution in [2.75, 3.05) is 17.4 Å². The van der Waals surface area contributed by atoms with Crippen LogP contribution in [0, 0.1) is 6.92 Å². The van der Waals surface area contributed by atoms with Crippen LogP contribution in [0.15, 0.2) is 82.2 Å². The van der Waals surface area contributed by atoms with Gasteiger partial charge in [-0.15, -0.1) is 0 Å². The van der Waals surface area contributed by atoms with E-state index in [-0.39, 0.29) is 17.3 Å². The lowest BCUT2D eigenvalue weighted by Crippen LogP contribution is -2.51. The van der Waals surface area contributed by atoms with Crippen molar-refractivity contribution >= 4 is 55.1 Å². The first kappa shape index (κ1) is 29.7. The van der Waals surface area contributed by atoms with Gasteiger partial charge in [-0.3, -0.25) is 13.9 Å². The van der Waals surface area contributed by atoms with Crippen LogP contribution in [-0.4, -0.2) is 44.3 Å². The molecular weight excluding hydrogens is 590 g/mol. The van der Waals surface area contributed by atoms with Crippen LogP contribution in [0.4, 0.5) is 5.69 Å². The number of nitrogens with one attached hydrogen (secondary N) is 1. The lowest BCUT2D eigenvalue weighted by molar-refractivity contribution is -0.139. The molecule has 1 N–H and O–H groups in total. The fourth-order valence-electron chi connectivity index (χ4n) is 3.89. The highest BCUT2D eigenvalue weighted by atomic mass is 79.9. The maximum atomic E-state index is 13.9. The van der Waals surface area contributed by atoms with E-state index in [1.165, 1.54) is 23.1 Å². The average Bonchev–Trinajstić information content (AvgIpc) is 2.90. The fourth-order valence-corrected chi connectivity index (χ4v) is 6.00. The van der Waals surface area contributed by atoms with Crippen molar-refractivity contribution in [3.8, 4) is 0 Å². The molecule has 0 aliphatic rings. The van der Waals surface area contributed by atoms with E-state index in [1.807, 2.05) is 31.2 Å². The number of sulfonamides is 1. The van der Waals surface area contributed by atoms with Crippen molar-refractivity contribution in [1.29, 1.82) is 0 Å². The van der Waals surface area contributed by atoms with Gasteiger partial charge in [0.1, 0.15) is 12.6 Å². The number of anilines is 1. The molecule has 7 nitrogen and oxygen atoms in total. The summed E-state index contributed by atoms with van der Waals surface area (Å²) >= 11 is 9.69. The summed E-state index contributed by atoms with van der Waals surface area (Å²) in [5.74, 6) is -0.838. The molecule has 3 rings (SSSR count). The number of benzene rings is 3. The number of amides is 2. The third-order valence-corrected chi connectivity index (χ3v) is 8.51. The zero-order valence-corrected chi connectivity index (χ0v) is 24.7. The van der Waals surface area contributed by atoms with Crippen LogP contribution in [0.25, 0.3) is 0 Å². The molecule has 202 valence electrons. The molecule has 38 heavy (non-hydrogen) atoms. The maximum absolute atomic E-state index is 13.9. The summed E-state index contributed by atoms with van der Waals surface area (Å²) in [6.07, 6.45) is 0.745. The average molecular weight is 621 g/mol. The second-order valence-corrected chi connectivity index (χ2v) is 12.1. The Labute approximate surface area is 238 Å². The van der Waals surface area contributed by atoms with Crippen molar-refractivity contribution in [3.63, 3.8) is 0 Å².